The Morgan fingerprint density at radius 3 is 2.44 bits per heavy atom. The Kier molecular flexibility index (Phi) is 6.63. The van der Waals surface area contributed by atoms with E-state index < -0.39 is 16.1 Å². The maximum Gasteiger partial charge on any atom is 1.00 e. The molecule has 0 atom stereocenters. The van der Waals surface area contributed by atoms with Crippen molar-refractivity contribution >= 4 is 22.1 Å². The quantitative estimate of drug-likeness (QED) is 0.528. The van der Waals surface area contributed by atoms with E-state index in [0.29, 0.717) is 0 Å². The molecule has 0 fully saturated rings. The predicted molar refractivity (Wildman–Crippen MR) is 55.3 cm³/mol. The third-order valence-electron chi connectivity index (χ3n) is 1.50. The molecule has 0 saturated carbocycles. The van der Waals surface area contributed by atoms with E-state index in [0.717, 1.165) is 6.26 Å². The number of carboxylic acid groups (broad SMARTS) is 1. The first-order valence-corrected chi connectivity index (χ1v) is 6.29. The Hall–Kier alpha value is -0.810. The number of nitrogens with zero attached hydrogens (tertiary/aromatic N) is 3. The van der Waals surface area contributed by atoms with Crippen LogP contribution in [0.3, 0.4) is 0 Å². The number of sulfonamides is 1. The van der Waals surface area contributed by atoms with Gasteiger partial charge >= 0.3 is 29.6 Å². The van der Waals surface area contributed by atoms with Gasteiger partial charge in [-0.2, -0.15) is 9.97 Å². The maximum atomic E-state index is 10.9. The summed E-state index contributed by atoms with van der Waals surface area (Å²) in [5.74, 6) is 0.156. The van der Waals surface area contributed by atoms with Gasteiger partial charge in [0.2, 0.25) is 16.0 Å². The van der Waals surface area contributed by atoms with Crippen molar-refractivity contribution in [1.82, 2.24) is 19.7 Å². The standard InChI is InChI=1S/C7H11N5O4S.Na/c1-4-9-5(3-8-17(2,15)16)11-6(10-4)12-7(13)14;/h8H,3H2,1-2H3,(H,13,14)(H,9,10,11,12);/q;+1/p-1. The SMILES string of the molecule is Cc1nc(CNS(C)(=O)=O)nc(NC(=O)[O-])n1.[Na+]. The molecule has 0 radical (unpaired) electrons. The van der Waals surface area contributed by atoms with E-state index in [4.69, 9.17) is 0 Å². The first-order chi connectivity index (χ1) is 7.76. The van der Waals surface area contributed by atoms with Crippen molar-refractivity contribution in [2.45, 2.75) is 13.5 Å². The molecule has 0 aliphatic heterocycles. The number of amides is 1. The third kappa shape index (κ3) is 6.81. The molecule has 1 aromatic heterocycles. The second-order valence-electron chi connectivity index (χ2n) is 3.13. The third-order valence-corrected chi connectivity index (χ3v) is 2.17. The molecule has 1 amide bonds. The smallest absolute Gasteiger partial charge is 0.530 e. The summed E-state index contributed by atoms with van der Waals surface area (Å²) in [5.41, 5.74) is 0. The van der Waals surface area contributed by atoms with E-state index in [9.17, 15) is 18.3 Å². The molecule has 2 N–H and O–H groups in total. The number of aryl methyl sites for hydroxylation is 1. The predicted octanol–water partition coefficient (Wildman–Crippen LogP) is -5.01. The van der Waals surface area contributed by atoms with Crippen LogP contribution in [0.4, 0.5) is 10.7 Å². The van der Waals surface area contributed by atoms with Gasteiger partial charge in [0.25, 0.3) is 0 Å². The fourth-order valence-corrected chi connectivity index (χ4v) is 1.35. The van der Waals surface area contributed by atoms with Gasteiger partial charge in [-0.15, -0.1) is 0 Å². The Bertz CT molecular complexity index is 535. The number of hydrogen-bond acceptors (Lipinski definition) is 7. The first-order valence-electron chi connectivity index (χ1n) is 4.40. The molecule has 0 aromatic carbocycles. The van der Waals surface area contributed by atoms with Gasteiger partial charge in [0.1, 0.15) is 17.7 Å². The van der Waals surface area contributed by atoms with Gasteiger partial charge in [-0.3, -0.25) is 0 Å². The summed E-state index contributed by atoms with van der Waals surface area (Å²) in [6.07, 6.45) is -0.570. The second kappa shape index (κ2) is 6.95. The topological polar surface area (TPSA) is 137 Å². The molecule has 1 heterocycles. The molecule has 1 rings (SSSR count). The van der Waals surface area contributed by atoms with E-state index in [1.807, 2.05) is 5.32 Å². The minimum Gasteiger partial charge on any atom is -0.530 e. The van der Waals surface area contributed by atoms with Crippen LogP contribution in [-0.4, -0.2) is 35.7 Å². The monoisotopic (exact) mass is 283 g/mol. The van der Waals surface area contributed by atoms with Gasteiger partial charge in [-0.25, -0.2) is 18.1 Å². The summed E-state index contributed by atoms with van der Waals surface area (Å²) in [6.45, 7) is 1.37. The molecule has 0 saturated heterocycles. The molecule has 1 aromatic rings. The van der Waals surface area contributed by atoms with Crippen LogP contribution in [0.5, 0.6) is 0 Å². The summed E-state index contributed by atoms with van der Waals surface area (Å²) in [5, 5.41) is 12.1. The number of rotatable bonds is 4. The van der Waals surface area contributed by atoms with Crippen molar-refractivity contribution in [1.29, 1.82) is 0 Å². The molecule has 0 aliphatic carbocycles. The largest absolute Gasteiger partial charge is 1.00 e. The number of carbonyl (C=O) groups is 1. The normalized spacial score (nSPS) is 10.6. The van der Waals surface area contributed by atoms with E-state index in [2.05, 4.69) is 19.7 Å². The Morgan fingerprint density at radius 1 is 1.33 bits per heavy atom. The Labute approximate surface area is 126 Å². The van der Waals surface area contributed by atoms with Crippen molar-refractivity contribution in [2.75, 3.05) is 11.6 Å². The van der Waals surface area contributed by atoms with Crippen molar-refractivity contribution in [3.05, 3.63) is 11.6 Å². The minimum atomic E-state index is -3.37. The maximum absolute atomic E-state index is 10.9. The fourth-order valence-electron chi connectivity index (χ4n) is 0.959. The molecular formula is C7H10N5NaO4S. The van der Waals surface area contributed by atoms with Crippen LogP contribution in [0.2, 0.25) is 0 Å². The van der Waals surface area contributed by atoms with Gasteiger partial charge in [-0.1, -0.05) is 0 Å². The molecule has 18 heavy (non-hydrogen) atoms. The van der Waals surface area contributed by atoms with E-state index in [1.54, 1.807) is 0 Å². The number of carbonyl (C=O) groups excluding carboxylic acids is 1. The summed E-state index contributed by atoms with van der Waals surface area (Å²) < 4.78 is 23.9. The number of hydrogen-bond donors (Lipinski definition) is 2. The molecule has 11 heteroatoms. The van der Waals surface area contributed by atoms with Gasteiger partial charge in [0.05, 0.1) is 12.8 Å². The summed E-state index contributed by atoms with van der Waals surface area (Å²) in [4.78, 5) is 21.5. The molecule has 0 aliphatic rings. The molecule has 94 valence electrons. The Balaban J connectivity index is 0.00000289. The van der Waals surface area contributed by atoms with Crippen LogP contribution in [0, 0.1) is 6.92 Å². The summed E-state index contributed by atoms with van der Waals surface area (Å²) in [6, 6.07) is 0. The van der Waals surface area contributed by atoms with Crippen LogP contribution in [-0.2, 0) is 16.6 Å². The van der Waals surface area contributed by atoms with E-state index in [1.165, 1.54) is 6.92 Å². The zero-order valence-corrected chi connectivity index (χ0v) is 12.9. The van der Waals surface area contributed by atoms with Crippen LogP contribution in [0.15, 0.2) is 0 Å². The van der Waals surface area contributed by atoms with Crippen LogP contribution >= 0.6 is 0 Å². The molecule has 0 bridgehead atoms. The van der Waals surface area contributed by atoms with E-state index in [-0.39, 0.29) is 53.7 Å². The summed E-state index contributed by atoms with van der Waals surface area (Å²) in [7, 11) is -3.37. The van der Waals surface area contributed by atoms with E-state index >= 15 is 0 Å². The summed E-state index contributed by atoms with van der Waals surface area (Å²) >= 11 is 0. The molecular weight excluding hydrogens is 273 g/mol. The minimum absolute atomic E-state index is 0. The second-order valence-corrected chi connectivity index (χ2v) is 4.96. The molecule has 0 unspecified atom stereocenters. The first kappa shape index (κ1) is 17.2. The van der Waals surface area contributed by atoms with Crippen molar-refractivity contribution in [2.24, 2.45) is 0 Å². The van der Waals surface area contributed by atoms with Crippen molar-refractivity contribution in [3.8, 4) is 0 Å². The zero-order valence-electron chi connectivity index (χ0n) is 10.1. The number of nitrogens with one attached hydrogen (secondary N) is 2. The van der Waals surface area contributed by atoms with Crippen molar-refractivity contribution < 1.29 is 47.9 Å². The average molecular weight is 283 g/mol. The van der Waals surface area contributed by atoms with Crippen molar-refractivity contribution in [3.63, 3.8) is 0 Å². The van der Waals surface area contributed by atoms with Crippen LogP contribution in [0.1, 0.15) is 11.6 Å². The van der Waals surface area contributed by atoms with Crippen LogP contribution < -0.4 is 44.7 Å². The van der Waals surface area contributed by atoms with Gasteiger partial charge < -0.3 is 15.2 Å². The van der Waals surface area contributed by atoms with Crippen LogP contribution in [0.25, 0.3) is 0 Å². The number of aromatic nitrogens is 3. The zero-order chi connectivity index (χ0) is 13.1. The van der Waals surface area contributed by atoms with Gasteiger partial charge in [0, 0.05) is 0 Å². The fraction of sp³-hybridized carbons (Fsp3) is 0.429. The Morgan fingerprint density at radius 2 is 1.94 bits per heavy atom. The number of anilines is 1. The van der Waals surface area contributed by atoms with Gasteiger partial charge in [-0.05, 0) is 6.92 Å². The molecule has 9 nitrogen and oxygen atoms in total. The molecule has 0 spiro atoms. The van der Waals surface area contributed by atoms with Gasteiger partial charge in [0.15, 0.2) is 0 Å². The average Bonchev–Trinajstić information content (AvgIpc) is 2.11.